The molecule has 0 saturated heterocycles. The summed E-state index contributed by atoms with van der Waals surface area (Å²) in [6, 6.07) is 7.01. The van der Waals surface area contributed by atoms with Crippen molar-refractivity contribution < 1.29 is 18.0 Å². The van der Waals surface area contributed by atoms with Crippen LogP contribution in [0.2, 0.25) is 5.02 Å². The lowest BCUT2D eigenvalue weighted by Gasteiger charge is -2.11. The molecular weight excluding hydrogens is 345 g/mol. The molecule has 2 heterocycles. The van der Waals surface area contributed by atoms with Crippen molar-refractivity contribution in [3.8, 4) is 11.3 Å². The third kappa shape index (κ3) is 2.69. The number of carbonyl (C=O) groups excluding carboxylic acids is 1. The first-order valence-electron chi connectivity index (χ1n) is 6.72. The van der Waals surface area contributed by atoms with Crippen molar-refractivity contribution in [3.63, 3.8) is 0 Å². The molecule has 9 heteroatoms. The number of hydrogen-bond donors (Lipinski definition) is 1. The lowest BCUT2D eigenvalue weighted by Crippen LogP contribution is -2.15. The highest BCUT2D eigenvalue weighted by molar-refractivity contribution is 6.30. The van der Waals surface area contributed by atoms with Crippen LogP contribution in [0.1, 0.15) is 21.7 Å². The molecule has 3 aromatic rings. The summed E-state index contributed by atoms with van der Waals surface area (Å²) >= 11 is 5.79. The molecule has 3 rings (SSSR count). The Kier molecular flexibility index (Phi) is 3.71. The number of aryl methyl sites for hydroxylation is 1. The Morgan fingerprint density at radius 3 is 2.42 bits per heavy atom. The molecule has 0 fully saturated rings. The number of nitrogens with zero attached hydrogens (tertiary/aromatic N) is 3. The molecule has 2 N–H and O–H groups in total. The lowest BCUT2D eigenvalue weighted by molar-refractivity contribution is -0.142. The SMILES string of the molecule is Cc1nn2c(C(F)(F)F)cc(-c3ccc(Cl)cc3)nc2c1C(N)=O. The van der Waals surface area contributed by atoms with E-state index in [2.05, 4.69) is 10.1 Å². The van der Waals surface area contributed by atoms with Gasteiger partial charge in [-0.25, -0.2) is 9.50 Å². The number of fused-ring (bicyclic) bond motifs is 1. The fraction of sp³-hybridized carbons (Fsp3) is 0.133. The Bertz CT molecular complexity index is 948. The number of rotatable bonds is 2. The van der Waals surface area contributed by atoms with Crippen molar-refractivity contribution in [2.75, 3.05) is 0 Å². The van der Waals surface area contributed by atoms with E-state index in [1.54, 1.807) is 0 Å². The molecule has 24 heavy (non-hydrogen) atoms. The van der Waals surface area contributed by atoms with Crippen LogP contribution in [0.4, 0.5) is 13.2 Å². The van der Waals surface area contributed by atoms with Gasteiger partial charge in [0.15, 0.2) is 11.3 Å². The number of alkyl halides is 3. The van der Waals surface area contributed by atoms with Gasteiger partial charge in [-0.15, -0.1) is 0 Å². The maximum absolute atomic E-state index is 13.4. The van der Waals surface area contributed by atoms with Crippen LogP contribution < -0.4 is 5.73 Å². The van der Waals surface area contributed by atoms with Crippen molar-refractivity contribution in [1.29, 1.82) is 0 Å². The molecule has 2 aromatic heterocycles. The van der Waals surface area contributed by atoms with Crippen LogP contribution in [-0.4, -0.2) is 20.5 Å². The number of amides is 1. The maximum Gasteiger partial charge on any atom is 0.433 e. The van der Waals surface area contributed by atoms with Gasteiger partial charge in [0, 0.05) is 10.6 Å². The largest absolute Gasteiger partial charge is 0.433 e. The van der Waals surface area contributed by atoms with Crippen LogP contribution in [0, 0.1) is 6.92 Å². The highest BCUT2D eigenvalue weighted by Gasteiger charge is 2.36. The molecule has 0 unspecified atom stereocenters. The minimum absolute atomic E-state index is 0.0360. The molecule has 124 valence electrons. The zero-order valence-corrected chi connectivity index (χ0v) is 13.0. The Labute approximate surface area is 138 Å². The number of halogens is 4. The number of carbonyl (C=O) groups is 1. The Morgan fingerprint density at radius 1 is 1.25 bits per heavy atom. The lowest BCUT2D eigenvalue weighted by atomic mass is 10.1. The Balaban J connectivity index is 2.38. The fourth-order valence-electron chi connectivity index (χ4n) is 2.38. The Hall–Kier alpha value is -2.61. The summed E-state index contributed by atoms with van der Waals surface area (Å²) in [4.78, 5) is 15.7. The minimum Gasteiger partial charge on any atom is -0.365 e. The van der Waals surface area contributed by atoms with Gasteiger partial charge in [0.2, 0.25) is 0 Å². The fourth-order valence-corrected chi connectivity index (χ4v) is 2.51. The molecule has 0 aliphatic heterocycles. The van der Waals surface area contributed by atoms with Crippen LogP contribution in [0.3, 0.4) is 0 Å². The van der Waals surface area contributed by atoms with Gasteiger partial charge in [-0.1, -0.05) is 23.7 Å². The number of benzene rings is 1. The van der Waals surface area contributed by atoms with E-state index in [1.165, 1.54) is 31.2 Å². The van der Waals surface area contributed by atoms with E-state index in [0.29, 0.717) is 15.1 Å². The molecule has 1 amide bonds. The van der Waals surface area contributed by atoms with Gasteiger partial charge in [0.05, 0.1) is 11.4 Å². The van der Waals surface area contributed by atoms with Gasteiger partial charge in [0.1, 0.15) is 5.56 Å². The van der Waals surface area contributed by atoms with E-state index in [4.69, 9.17) is 17.3 Å². The minimum atomic E-state index is -4.68. The van der Waals surface area contributed by atoms with Crippen LogP contribution in [0.5, 0.6) is 0 Å². The quantitative estimate of drug-likeness (QED) is 0.765. The molecular formula is C15H10ClF3N4O. The summed E-state index contributed by atoms with van der Waals surface area (Å²) in [6.45, 7) is 1.40. The van der Waals surface area contributed by atoms with Gasteiger partial charge in [-0.2, -0.15) is 18.3 Å². The summed E-state index contributed by atoms with van der Waals surface area (Å²) in [6.07, 6.45) is -4.68. The van der Waals surface area contributed by atoms with Crippen molar-refractivity contribution in [1.82, 2.24) is 14.6 Å². The van der Waals surface area contributed by atoms with E-state index >= 15 is 0 Å². The first kappa shape index (κ1) is 16.3. The number of nitrogens with two attached hydrogens (primary N) is 1. The van der Waals surface area contributed by atoms with Crippen LogP contribution in [0.25, 0.3) is 16.9 Å². The van der Waals surface area contributed by atoms with E-state index < -0.39 is 17.8 Å². The molecule has 0 bridgehead atoms. The van der Waals surface area contributed by atoms with Crippen LogP contribution in [-0.2, 0) is 6.18 Å². The number of hydrogen-bond acceptors (Lipinski definition) is 3. The summed E-state index contributed by atoms with van der Waals surface area (Å²) in [5.74, 6) is -0.892. The van der Waals surface area contributed by atoms with E-state index in [-0.39, 0.29) is 22.6 Å². The topological polar surface area (TPSA) is 73.3 Å². The van der Waals surface area contributed by atoms with E-state index in [1.807, 2.05) is 0 Å². The van der Waals surface area contributed by atoms with Gasteiger partial charge < -0.3 is 5.73 Å². The van der Waals surface area contributed by atoms with E-state index in [9.17, 15) is 18.0 Å². The summed E-state index contributed by atoms with van der Waals surface area (Å²) in [7, 11) is 0. The normalized spacial score (nSPS) is 11.9. The van der Waals surface area contributed by atoms with Gasteiger partial charge in [-0.3, -0.25) is 4.79 Å². The second kappa shape index (κ2) is 5.48. The Morgan fingerprint density at radius 2 is 1.88 bits per heavy atom. The zero-order chi connectivity index (χ0) is 17.6. The van der Waals surface area contributed by atoms with Crippen molar-refractivity contribution in [2.45, 2.75) is 13.1 Å². The predicted molar refractivity (Wildman–Crippen MR) is 81.7 cm³/mol. The predicted octanol–water partition coefficient (Wildman–Crippen LogP) is 3.48. The second-order valence-electron chi connectivity index (χ2n) is 5.09. The molecule has 0 atom stereocenters. The van der Waals surface area contributed by atoms with Crippen molar-refractivity contribution >= 4 is 23.2 Å². The molecule has 0 spiro atoms. The van der Waals surface area contributed by atoms with Crippen molar-refractivity contribution in [2.24, 2.45) is 5.73 Å². The van der Waals surface area contributed by atoms with Crippen LogP contribution >= 0.6 is 11.6 Å². The molecule has 0 radical (unpaired) electrons. The molecule has 1 aromatic carbocycles. The average Bonchev–Trinajstić information content (AvgIpc) is 2.81. The van der Waals surface area contributed by atoms with Crippen LogP contribution in [0.15, 0.2) is 30.3 Å². The molecule has 5 nitrogen and oxygen atoms in total. The molecule has 0 aliphatic rings. The summed E-state index contributed by atoms with van der Waals surface area (Å²) in [5.41, 5.74) is 4.37. The highest BCUT2D eigenvalue weighted by atomic mass is 35.5. The molecule has 0 saturated carbocycles. The average molecular weight is 355 g/mol. The van der Waals surface area contributed by atoms with E-state index in [0.717, 1.165) is 6.07 Å². The summed E-state index contributed by atoms with van der Waals surface area (Å²) < 4.78 is 40.8. The monoisotopic (exact) mass is 354 g/mol. The van der Waals surface area contributed by atoms with Gasteiger partial charge in [-0.05, 0) is 25.1 Å². The number of primary amides is 1. The van der Waals surface area contributed by atoms with Crippen molar-refractivity contribution in [3.05, 3.63) is 52.3 Å². The van der Waals surface area contributed by atoms with Gasteiger partial charge >= 0.3 is 6.18 Å². The summed E-state index contributed by atoms with van der Waals surface area (Å²) in [5, 5.41) is 4.20. The van der Waals surface area contributed by atoms with Gasteiger partial charge in [0.25, 0.3) is 5.91 Å². The molecule has 0 aliphatic carbocycles. The standard InChI is InChI=1S/C15H10ClF3N4O/c1-7-12(13(20)24)14-21-10(8-2-4-9(16)5-3-8)6-11(15(17,18)19)23(14)22-7/h2-6H,1H3,(H2,20,24). The first-order chi connectivity index (χ1) is 11.2. The third-order valence-electron chi connectivity index (χ3n) is 3.44. The third-order valence-corrected chi connectivity index (χ3v) is 3.69. The smallest absolute Gasteiger partial charge is 0.365 e. The maximum atomic E-state index is 13.4. The number of aromatic nitrogens is 3. The zero-order valence-electron chi connectivity index (χ0n) is 12.2. The highest BCUT2D eigenvalue weighted by Crippen LogP contribution is 2.33. The second-order valence-corrected chi connectivity index (χ2v) is 5.53. The first-order valence-corrected chi connectivity index (χ1v) is 7.09.